The Kier molecular flexibility index (Phi) is 32.5. The number of quaternary nitrogens is 1. The molecule has 3 unspecified atom stereocenters. The lowest BCUT2D eigenvalue weighted by Crippen LogP contribution is -2.49. The molecule has 6 fully saturated rings. The maximum absolute atomic E-state index is 13.1. The SMILES string of the molecule is Cc1nc(-c2ccccc2)cn1Cc1ccc(COc2cccc3c2CN(C2CCC(=O)CC2=O)C3=O)cc1.N#Cc1ccc2c(c1)CN(Cc1ccc(COc3cccc4c3CN([C@H]3CCC(=O)CC3=O)C4=O)cc1)CC2.O=C1CCC(N2Cc3c(OCc4ccc(CN5CCOCC5)cn4)cccc3C2=O)C(=O)C1.O=C1CCC(N2Cc3c(OCc4ccc(C[N+]5([O-])CCOCC5)cc4)cccc3C2=O)C(=O)C1.O=CO. The normalized spacial score (nSPS) is 19.4. The third-order valence-electron chi connectivity index (χ3n) is 29.1. The maximum atomic E-state index is 13.1. The van der Waals surface area contributed by atoms with E-state index in [4.69, 9.17) is 43.3 Å². The zero-order valence-corrected chi connectivity index (χ0v) is 82.5. The molecule has 7 aliphatic heterocycles. The fraction of sp³-hybridized carbons (Fsp3) is 0.345. The maximum Gasteiger partial charge on any atom is 0.290 e. The van der Waals surface area contributed by atoms with Gasteiger partial charge >= 0.3 is 0 Å². The number of amides is 4. The second kappa shape index (κ2) is 46.9. The number of hydrogen-bond donors (Lipinski definition) is 1. The standard InChI is InChI=1S/2C32H29N3O4.C26H28N2O6.C25H27N3O5.CH2O2/c1-21-33-28(24-6-3-2-4-7-24)19-34(21)17-22-10-12-23(13-11-22)20-39-31-9-5-8-26-27(31)18-35(32(26)38)29-15-14-25(36)16-30(29)37;33-16-23-8-9-24-12-13-34(18-25(24)14-23)17-21-4-6-22(7-5-21)20-39-31-3-1-2-27-28(31)19-35(32(27)38)29-11-10-26(36)15-30(29)37;29-20-8-9-23(24(30)14-20)27-15-22-21(26(27)31)2-1-3-25(22)34-17-19-6-4-18(5-7-19)16-28(32)10-12-33-13-11-28;29-19-6-7-22(23(30)12-19)28-15-21-20(25(28)31)2-1-3-24(21)33-16-18-5-4-17(13-26-18)14-27-8-10-32-11-9-27;2-1-3/h2-13,19,29H,14-18,20H2,1H3;1-9,14,29H,10-13,15,17-20H2;1-7,23H,8-17H2;1-5,13,22H,6-12,14-16H2;1H,(H,2,3)/t;29-;;;/m.0.../s1. The van der Waals surface area contributed by atoms with Crippen LogP contribution in [0.5, 0.6) is 23.0 Å². The topological polar surface area (TPSA) is 395 Å². The van der Waals surface area contributed by atoms with Crippen molar-refractivity contribution in [2.45, 2.75) is 200 Å². The van der Waals surface area contributed by atoms with E-state index >= 15 is 0 Å². The summed E-state index contributed by atoms with van der Waals surface area (Å²) in [5.41, 5.74) is 19.1. The summed E-state index contributed by atoms with van der Waals surface area (Å²) in [5, 5.41) is 28.9. The number of carbonyl (C=O) groups is 13. The van der Waals surface area contributed by atoms with Gasteiger partial charge in [-0.2, -0.15) is 5.26 Å². The Morgan fingerprint density at radius 2 is 0.804 bits per heavy atom. The molecular formula is C116H115N11O21. The highest BCUT2D eigenvalue weighted by molar-refractivity contribution is 6.11. The number of ether oxygens (including phenoxy) is 6. The van der Waals surface area contributed by atoms with Crippen LogP contribution in [0.15, 0.2) is 219 Å². The van der Waals surface area contributed by atoms with E-state index in [0.717, 1.165) is 144 Å². The Morgan fingerprint density at radius 3 is 1.21 bits per heavy atom. The van der Waals surface area contributed by atoms with Crippen LogP contribution >= 0.6 is 0 Å². The molecule has 2 aromatic heterocycles. The number of nitriles is 1. The quantitative estimate of drug-likeness (QED) is 0.0240. The largest absolute Gasteiger partial charge is 0.632 e. The van der Waals surface area contributed by atoms with Crippen molar-refractivity contribution in [3.8, 4) is 40.3 Å². The van der Waals surface area contributed by atoms with Crippen LogP contribution in [0.25, 0.3) is 11.3 Å². The first-order valence-electron chi connectivity index (χ1n) is 50.3. The molecule has 32 heteroatoms. The van der Waals surface area contributed by atoms with E-state index in [1.54, 1.807) is 62.1 Å². The van der Waals surface area contributed by atoms with Crippen LogP contribution in [0, 0.1) is 23.5 Å². The number of hydrogen-bond acceptors (Lipinski definition) is 25. The number of benzene rings is 9. The van der Waals surface area contributed by atoms with Crippen molar-refractivity contribution in [3.63, 3.8) is 0 Å². The van der Waals surface area contributed by atoms with E-state index in [9.17, 15) is 68.0 Å². The molecule has 32 nitrogen and oxygen atoms in total. The van der Waals surface area contributed by atoms with E-state index < -0.39 is 24.2 Å². The van der Waals surface area contributed by atoms with E-state index in [1.807, 2.05) is 104 Å². The van der Waals surface area contributed by atoms with Crippen molar-refractivity contribution in [2.24, 2.45) is 0 Å². The van der Waals surface area contributed by atoms with Gasteiger partial charge in [0, 0.05) is 140 Å². The van der Waals surface area contributed by atoms with Crippen molar-refractivity contribution in [1.82, 2.24) is 43.9 Å². The summed E-state index contributed by atoms with van der Waals surface area (Å²) in [5.74, 6) is 1.91. The summed E-state index contributed by atoms with van der Waals surface area (Å²) in [4.78, 5) is 177. The average molecular weight is 2000 g/mol. The number of pyridine rings is 1. The van der Waals surface area contributed by atoms with Gasteiger partial charge < -0.3 is 67.5 Å². The van der Waals surface area contributed by atoms with Gasteiger partial charge in [0.15, 0.2) is 23.1 Å². The van der Waals surface area contributed by atoms with Crippen LogP contribution in [0.1, 0.15) is 208 Å². The molecule has 4 aliphatic carbocycles. The van der Waals surface area contributed by atoms with E-state index in [1.165, 1.54) is 16.7 Å². The lowest BCUT2D eigenvalue weighted by atomic mass is 9.92. The molecule has 22 rings (SSSR count). The number of imidazole rings is 1. The zero-order valence-electron chi connectivity index (χ0n) is 82.5. The molecule has 1 N–H and O–H groups in total. The molecule has 148 heavy (non-hydrogen) atoms. The van der Waals surface area contributed by atoms with Crippen LogP contribution < -0.4 is 18.9 Å². The Hall–Kier alpha value is -15.5. The first-order chi connectivity index (χ1) is 71.8. The minimum Gasteiger partial charge on any atom is -0.632 e. The minimum absolute atomic E-state index is 0.0482. The van der Waals surface area contributed by atoms with Gasteiger partial charge in [-0.1, -0.05) is 140 Å². The smallest absolute Gasteiger partial charge is 0.290 e. The molecule has 9 heterocycles. The summed E-state index contributed by atoms with van der Waals surface area (Å²) in [6.45, 7) is 14.4. The second-order valence-electron chi connectivity index (χ2n) is 39.1. The van der Waals surface area contributed by atoms with E-state index in [-0.39, 0.29) is 107 Å². The fourth-order valence-electron chi connectivity index (χ4n) is 21.0. The Labute approximate surface area is 856 Å². The lowest BCUT2D eigenvalue weighted by molar-refractivity contribution is -0.901. The second-order valence-corrected chi connectivity index (χ2v) is 39.1. The molecule has 4 amide bonds. The number of hydroxylamine groups is 3. The van der Waals surface area contributed by atoms with Crippen LogP contribution in [0.3, 0.4) is 0 Å². The Morgan fingerprint density at radius 1 is 0.419 bits per heavy atom. The van der Waals surface area contributed by atoms with Crippen LogP contribution in [-0.4, -0.2) is 213 Å². The fourth-order valence-corrected chi connectivity index (χ4v) is 21.0. The first kappa shape index (κ1) is 103. The number of aryl methyl sites for hydroxylation is 1. The van der Waals surface area contributed by atoms with Crippen molar-refractivity contribution in [3.05, 3.63) is 336 Å². The molecule has 0 bridgehead atoms. The Bertz CT molecular complexity index is 6910. The molecule has 4 atom stereocenters. The van der Waals surface area contributed by atoms with Gasteiger partial charge in [-0.3, -0.25) is 77.1 Å². The number of ketones is 8. The third-order valence-corrected chi connectivity index (χ3v) is 29.1. The molecule has 11 aromatic rings. The zero-order chi connectivity index (χ0) is 103. The molecule has 760 valence electrons. The van der Waals surface area contributed by atoms with Gasteiger partial charge in [0.05, 0.1) is 125 Å². The first-order valence-corrected chi connectivity index (χ1v) is 50.3. The van der Waals surface area contributed by atoms with Gasteiger partial charge in [-0.25, -0.2) is 4.98 Å². The molecule has 4 saturated carbocycles. The number of carbonyl (C=O) groups excluding carboxylic acids is 12. The number of fused-ring (bicyclic) bond motifs is 5. The van der Waals surface area contributed by atoms with Crippen LogP contribution in [0.2, 0.25) is 0 Å². The molecule has 9 aromatic carbocycles. The van der Waals surface area contributed by atoms with E-state index in [2.05, 4.69) is 104 Å². The molecule has 0 radical (unpaired) electrons. The number of Topliss-reactive ketones (excluding diaryl/α,β-unsaturated/α-hetero) is 8. The van der Waals surface area contributed by atoms with E-state index in [0.29, 0.717) is 188 Å². The monoisotopic (exact) mass is 2000 g/mol. The van der Waals surface area contributed by atoms with Crippen LogP contribution in [-0.2, 0) is 144 Å². The number of rotatable bonds is 25. The molecule has 0 spiro atoms. The predicted molar refractivity (Wildman–Crippen MR) is 540 cm³/mol. The molecular weight excluding hydrogens is 1880 g/mol. The number of aromatic nitrogens is 3. The number of morpholine rings is 2. The average Bonchev–Trinajstić information content (AvgIpc) is 1.63. The minimum atomic E-state index is -0.545. The highest BCUT2D eigenvalue weighted by Crippen LogP contribution is 2.41. The van der Waals surface area contributed by atoms with Gasteiger partial charge in [-0.15, -0.1) is 0 Å². The van der Waals surface area contributed by atoms with Gasteiger partial charge in [0.25, 0.3) is 30.1 Å². The van der Waals surface area contributed by atoms with Gasteiger partial charge in [0.2, 0.25) is 0 Å². The van der Waals surface area contributed by atoms with Crippen molar-refractivity contribution in [2.75, 3.05) is 59.2 Å². The van der Waals surface area contributed by atoms with Gasteiger partial charge in [0.1, 0.15) is 98.0 Å². The van der Waals surface area contributed by atoms with Crippen molar-refractivity contribution < 1.29 is 101 Å². The van der Waals surface area contributed by atoms with Crippen LogP contribution in [0.4, 0.5) is 0 Å². The van der Waals surface area contributed by atoms with Crippen molar-refractivity contribution >= 4 is 76.4 Å². The summed E-state index contributed by atoms with van der Waals surface area (Å²) < 4.78 is 37.0. The summed E-state index contributed by atoms with van der Waals surface area (Å²) in [7, 11) is 0. The third kappa shape index (κ3) is 24.4. The van der Waals surface area contributed by atoms with Crippen molar-refractivity contribution in [1.29, 1.82) is 5.26 Å². The molecule has 2 saturated heterocycles. The number of nitrogens with zero attached hydrogens (tertiary/aromatic N) is 11. The number of carboxylic acid groups (broad SMARTS) is 1. The predicted octanol–water partition coefficient (Wildman–Crippen LogP) is 14.1. The summed E-state index contributed by atoms with van der Waals surface area (Å²) in [6.07, 6.45) is 7.52. The Balaban J connectivity index is 0.000000128. The lowest BCUT2D eigenvalue weighted by Gasteiger charge is -2.45. The summed E-state index contributed by atoms with van der Waals surface area (Å²) >= 11 is 0. The highest BCUT2D eigenvalue weighted by atomic mass is 16.6. The summed E-state index contributed by atoms with van der Waals surface area (Å²) in [6, 6.07) is 66.4. The molecule has 11 aliphatic rings. The highest BCUT2D eigenvalue weighted by Gasteiger charge is 2.45. The van der Waals surface area contributed by atoms with Gasteiger partial charge in [-0.05, 0) is 150 Å².